The van der Waals surface area contributed by atoms with Gasteiger partial charge in [0.15, 0.2) is 0 Å². The molecule has 0 unspecified atom stereocenters. The van der Waals surface area contributed by atoms with Crippen molar-refractivity contribution in [3.63, 3.8) is 0 Å². The van der Waals surface area contributed by atoms with Gasteiger partial charge in [-0.1, -0.05) is 12.1 Å². The molecule has 0 radical (unpaired) electrons. The lowest BCUT2D eigenvalue weighted by atomic mass is 10.1. The molecule has 0 spiro atoms. The fraction of sp³-hybridized carbons (Fsp3) is 0.409. The van der Waals surface area contributed by atoms with Crippen molar-refractivity contribution in [1.82, 2.24) is 10.2 Å². The van der Waals surface area contributed by atoms with E-state index >= 15 is 0 Å². The quantitative estimate of drug-likeness (QED) is 0.500. The fourth-order valence-electron chi connectivity index (χ4n) is 3.63. The number of piperazine rings is 1. The fourth-order valence-corrected chi connectivity index (χ4v) is 3.63. The second-order valence-electron chi connectivity index (χ2n) is 8.06. The first-order valence-corrected chi connectivity index (χ1v) is 10.4. The molecule has 2 aromatic rings. The first-order chi connectivity index (χ1) is 15.5. The molecule has 0 atom stereocenters. The molecular formula is C22H26F3N5O3. The summed E-state index contributed by atoms with van der Waals surface area (Å²) in [6.45, 7) is 2.24. The van der Waals surface area contributed by atoms with E-state index in [1.807, 2.05) is 48.2 Å². The summed E-state index contributed by atoms with van der Waals surface area (Å²) in [6.07, 6.45) is -4.65. The van der Waals surface area contributed by atoms with Crippen molar-refractivity contribution in [2.45, 2.75) is 12.7 Å². The smallest absolute Gasteiger partial charge is 0.378 e. The molecule has 0 aliphatic carbocycles. The summed E-state index contributed by atoms with van der Waals surface area (Å²) < 4.78 is 38.7. The van der Waals surface area contributed by atoms with Crippen LogP contribution >= 0.6 is 0 Å². The van der Waals surface area contributed by atoms with Gasteiger partial charge in [0.05, 0.1) is 17.0 Å². The van der Waals surface area contributed by atoms with E-state index in [4.69, 9.17) is 0 Å². The van der Waals surface area contributed by atoms with E-state index in [-0.39, 0.29) is 18.1 Å². The summed E-state index contributed by atoms with van der Waals surface area (Å²) in [5, 5.41) is 14.2. The Labute approximate surface area is 189 Å². The molecule has 1 aliphatic heterocycles. The van der Waals surface area contributed by atoms with E-state index in [0.29, 0.717) is 38.8 Å². The number of amides is 1. The molecular weight excluding hydrogens is 439 g/mol. The first-order valence-electron chi connectivity index (χ1n) is 10.4. The number of carbonyl (C=O) groups is 1. The Bertz CT molecular complexity index is 988. The van der Waals surface area contributed by atoms with Gasteiger partial charge in [0.25, 0.3) is 5.69 Å². The number of nitro benzene ring substituents is 1. The number of benzene rings is 2. The summed E-state index contributed by atoms with van der Waals surface area (Å²) >= 11 is 0. The lowest BCUT2D eigenvalue weighted by Crippen LogP contribution is -2.49. The third-order valence-electron chi connectivity index (χ3n) is 5.52. The molecule has 2 aromatic carbocycles. The monoisotopic (exact) mass is 465 g/mol. The van der Waals surface area contributed by atoms with Crippen molar-refractivity contribution < 1.29 is 22.9 Å². The maximum atomic E-state index is 12.9. The summed E-state index contributed by atoms with van der Waals surface area (Å²) in [5.41, 5.74) is 0.573. The van der Waals surface area contributed by atoms with Gasteiger partial charge in [-0.2, -0.15) is 13.2 Å². The predicted molar refractivity (Wildman–Crippen MR) is 119 cm³/mol. The predicted octanol–water partition coefficient (Wildman–Crippen LogP) is 3.12. The van der Waals surface area contributed by atoms with Crippen molar-refractivity contribution in [2.24, 2.45) is 0 Å². The standard InChI is InChI=1S/C22H26F3N5O3/c1-27(2)18-6-3-16(4-7-18)14-26-21(31)15-28-9-11-29(12-10-28)19-8-5-17(22(23,24)25)13-20(19)30(32)33/h3-8,13H,9-12,14-15H2,1-2H3,(H,26,31). The summed E-state index contributed by atoms with van der Waals surface area (Å²) in [6, 6.07) is 10.4. The van der Waals surface area contributed by atoms with Crippen LogP contribution in [0.25, 0.3) is 0 Å². The Morgan fingerprint density at radius 3 is 2.27 bits per heavy atom. The third-order valence-corrected chi connectivity index (χ3v) is 5.52. The molecule has 178 valence electrons. The Kier molecular flexibility index (Phi) is 7.42. The van der Waals surface area contributed by atoms with E-state index in [2.05, 4.69) is 5.32 Å². The van der Waals surface area contributed by atoms with E-state index in [1.54, 1.807) is 4.90 Å². The Morgan fingerprint density at radius 1 is 1.09 bits per heavy atom. The number of alkyl halides is 3. The number of nitrogens with zero attached hydrogens (tertiary/aromatic N) is 4. The highest BCUT2D eigenvalue weighted by molar-refractivity contribution is 5.78. The highest BCUT2D eigenvalue weighted by Crippen LogP contribution is 2.36. The van der Waals surface area contributed by atoms with Gasteiger partial charge in [-0.3, -0.25) is 19.8 Å². The minimum absolute atomic E-state index is 0.138. The molecule has 0 bridgehead atoms. The zero-order valence-electron chi connectivity index (χ0n) is 18.4. The number of anilines is 2. The van der Waals surface area contributed by atoms with Crippen LogP contribution in [0.4, 0.5) is 30.2 Å². The molecule has 1 aliphatic rings. The number of carbonyl (C=O) groups excluding carboxylic acids is 1. The van der Waals surface area contributed by atoms with Gasteiger partial charge in [-0.15, -0.1) is 0 Å². The first kappa shape index (κ1) is 24.3. The van der Waals surface area contributed by atoms with Crippen molar-refractivity contribution in [2.75, 3.05) is 56.6 Å². The molecule has 11 heteroatoms. The van der Waals surface area contributed by atoms with Crippen LogP contribution in [0.15, 0.2) is 42.5 Å². The van der Waals surface area contributed by atoms with Gasteiger partial charge in [0, 0.05) is 58.6 Å². The summed E-state index contributed by atoms with van der Waals surface area (Å²) in [4.78, 5) is 28.4. The van der Waals surface area contributed by atoms with Crippen LogP contribution in [-0.2, 0) is 17.5 Å². The Hall–Kier alpha value is -3.34. The van der Waals surface area contributed by atoms with Crippen LogP contribution in [0.1, 0.15) is 11.1 Å². The van der Waals surface area contributed by atoms with Gasteiger partial charge >= 0.3 is 6.18 Å². The molecule has 8 nitrogen and oxygen atoms in total. The number of rotatable bonds is 7. The minimum atomic E-state index is -4.65. The Morgan fingerprint density at radius 2 is 1.73 bits per heavy atom. The van der Waals surface area contributed by atoms with Gasteiger partial charge in [-0.05, 0) is 29.8 Å². The number of halogens is 3. The van der Waals surface area contributed by atoms with Crippen LogP contribution < -0.4 is 15.1 Å². The summed E-state index contributed by atoms with van der Waals surface area (Å²) in [7, 11) is 3.90. The normalized spacial score (nSPS) is 14.8. The molecule has 1 heterocycles. The van der Waals surface area contributed by atoms with Crippen LogP contribution in [0.3, 0.4) is 0 Å². The number of hydrogen-bond donors (Lipinski definition) is 1. The molecule has 1 fully saturated rings. The van der Waals surface area contributed by atoms with E-state index < -0.39 is 22.4 Å². The molecule has 0 saturated carbocycles. The number of hydrogen-bond acceptors (Lipinski definition) is 6. The average molecular weight is 465 g/mol. The maximum absolute atomic E-state index is 12.9. The molecule has 3 rings (SSSR count). The van der Waals surface area contributed by atoms with Crippen LogP contribution in [0.2, 0.25) is 0 Å². The number of nitrogens with one attached hydrogen (secondary N) is 1. The molecule has 33 heavy (non-hydrogen) atoms. The van der Waals surface area contributed by atoms with Crippen LogP contribution in [0.5, 0.6) is 0 Å². The second kappa shape index (κ2) is 10.1. The molecule has 1 amide bonds. The van der Waals surface area contributed by atoms with E-state index in [9.17, 15) is 28.1 Å². The average Bonchev–Trinajstić information content (AvgIpc) is 2.77. The molecule has 1 saturated heterocycles. The van der Waals surface area contributed by atoms with Gasteiger partial charge in [0.2, 0.25) is 5.91 Å². The number of nitro groups is 1. The van der Waals surface area contributed by atoms with Gasteiger partial charge in [0.1, 0.15) is 5.69 Å². The highest BCUT2D eigenvalue weighted by Gasteiger charge is 2.34. The van der Waals surface area contributed by atoms with Crippen molar-refractivity contribution in [3.05, 3.63) is 63.7 Å². The van der Waals surface area contributed by atoms with E-state index in [1.165, 1.54) is 0 Å². The van der Waals surface area contributed by atoms with Crippen LogP contribution in [-0.4, -0.2) is 62.5 Å². The Balaban J connectivity index is 1.52. The van der Waals surface area contributed by atoms with Gasteiger partial charge < -0.3 is 15.1 Å². The zero-order chi connectivity index (χ0) is 24.2. The van der Waals surface area contributed by atoms with Gasteiger partial charge in [-0.25, -0.2) is 0 Å². The summed E-state index contributed by atoms with van der Waals surface area (Å²) in [5.74, 6) is -0.138. The van der Waals surface area contributed by atoms with E-state index in [0.717, 1.165) is 23.4 Å². The lowest BCUT2D eigenvalue weighted by Gasteiger charge is -2.35. The van der Waals surface area contributed by atoms with Crippen LogP contribution in [0, 0.1) is 10.1 Å². The van der Waals surface area contributed by atoms with Crippen molar-refractivity contribution in [1.29, 1.82) is 0 Å². The minimum Gasteiger partial charge on any atom is -0.378 e. The molecule has 0 aromatic heterocycles. The lowest BCUT2D eigenvalue weighted by molar-refractivity contribution is -0.384. The topological polar surface area (TPSA) is 82.0 Å². The maximum Gasteiger partial charge on any atom is 0.416 e. The SMILES string of the molecule is CN(C)c1ccc(CNC(=O)CN2CCN(c3ccc(C(F)(F)F)cc3[N+](=O)[O-])CC2)cc1. The third kappa shape index (κ3) is 6.35. The molecule has 1 N–H and O–H groups in total. The highest BCUT2D eigenvalue weighted by atomic mass is 19.4. The van der Waals surface area contributed by atoms with Crippen molar-refractivity contribution in [3.8, 4) is 0 Å². The zero-order valence-corrected chi connectivity index (χ0v) is 18.4. The largest absolute Gasteiger partial charge is 0.416 e. The second-order valence-corrected chi connectivity index (χ2v) is 8.06. The van der Waals surface area contributed by atoms with Crippen molar-refractivity contribution >= 4 is 23.0 Å².